The summed E-state index contributed by atoms with van der Waals surface area (Å²) in [7, 11) is 1.94. The lowest BCUT2D eigenvalue weighted by atomic mass is 9.88. The van der Waals surface area contributed by atoms with Gasteiger partial charge >= 0.3 is 0 Å². The molecule has 0 aliphatic heterocycles. The van der Waals surface area contributed by atoms with E-state index in [1.54, 1.807) is 0 Å². The molecule has 1 unspecified atom stereocenters. The van der Waals surface area contributed by atoms with Crippen LogP contribution in [0.25, 0.3) is 10.8 Å². The average Bonchev–Trinajstić information content (AvgIpc) is 2.38. The van der Waals surface area contributed by atoms with Crippen molar-refractivity contribution in [3.8, 4) is 0 Å². The van der Waals surface area contributed by atoms with Gasteiger partial charge in [0, 0.05) is 12.1 Å². The van der Waals surface area contributed by atoms with E-state index in [1.807, 2.05) is 13.1 Å². The van der Waals surface area contributed by atoms with E-state index in [9.17, 15) is 0 Å². The SMILES string of the molecule is CNC(C)(CCO)c1ccc2ccccc2c1. The van der Waals surface area contributed by atoms with E-state index in [0.29, 0.717) is 6.42 Å². The number of benzene rings is 2. The predicted octanol–water partition coefficient (Wildman–Crippen LogP) is 2.66. The fraction of sp³-hybridized carbons (Fsp3) is 0.333. The number of rotatable bonds is 4. The Balaban J connectivity index is 2.47. The number of fused-ring (bicyclic) bond motifs is 1. The number of aliphatic hydroxyl groups excluding tert-OH is 1. The van der Waals surface area contributed by atoms with Crippen LogP contribution in [-0.2, 0) is 5.54 Å². The van der Waals surface area contributed by atoms with E-state index in [1.165, 1.54) is 16.3 Å². The minimum Gasteiger partial charge on any atom is -0.396 e. The molecule has 2 aromatic rings. The van der Waals surface area contributed by atoms with Gasteiger partial charge in [-0.25, -0.2) is 0 Å². The van der Waals surface area contributed by atoms with Crippen molar-refractivity contribution in [3.05, 3.63) is 48.0 Å². The van der Waals surface area contributed by atoms with Gasteiger partial charge < -0.3 is 10.4 Å². The van der Waals surface area contributed by atoms with Gasteiger partial charge in [-0.05, 0) is 42.8 Å². The summed E-state index contributed by atoms with van der Waals surface area (Å²) in [5.74, 6) is 0. The van der Waals surface area contributed by atoms with E-state index in [0.717, 1.165) is 0 Å². The third-order valence-corrected chi connectivity index (χ3v) is 3.55. The molecular weight excluding hydrogens is 210 g/mol. The van der Waals surface area contributed by atoms with E-state index < -0.39 is 0 Å². The highest BCUT2D eigenvalue weighted by Gasteiger charge is 2.23. The standard InChI is InChI=1S/C15H19NO/c1-15(16-2,9-10-17)14-8-7-12-5-3-4-6-13(12)11-14/h3-8,11,16-17H,9-10H2,1-2H3. The maximum atomic E-state index is 9.17. The lowest BCUT2D eigenvalue weighted by molar-refractivity contribution is 0.228. The average molecular weight is 229 g/mol. The molecule has 0 bridgehead atoms. The van der Waals surface area contributed by atoms with Crippen molar-refractivity contribution in [3.63, 3.8) is 0 Å². The van der Waals surface area contributed by atoms with Crippen LogP contribution in [0.15, 0.2) is 42.5 Å². The summed E-state index contributed by atoms with van der Waals surface area (Å²) >= 11 is 0. The fourth-order valence-corrected chi connectivity index (χ4v) is 2.17. The molecule has 90 valence electrons. The first-order valence-electron chi connectivity index (χ1n) is 5.99. The van der Waals surface area contributed by atoms with Crippen LogP contribution in [0.4, 0.5) is 0 Å². The number of aliphatic hydroxyl groups is 1. The lowest BCUT2D eigenvalue weighted by Crippen LogP contribution is -2.37. The van der Waals surface area contributed by atoms with Crippen molar-refractivity contribution < 1.29 is 5.11 Å². The molecule has 0 fully saturated rings. The summed E-state index contributed by atoms with van der Waals surface area (Å²) in [5.41, 5.74) is 1.05. The van der Waals surface area contributed by atoms with E-state index >= 15 is 0 Å². The molecule has 0 saturated heterocycles. The van der Waals surface area contributed by atoms with Crippen LogP contribution in [-0.4, -0.2) is 18.8 Å². The Kier molecular flexibility index (Phi) is 3.46. The molecule has 0 aliphatic carbocycles. The summed E-state index contributed by atoms with van der Waals surface area (Å²) in [5, 5.41) is 15.0. The highest BCUT2D eigenvalue weighted by molar-refractivity contribution is 5.83. The number of hydrogen-bond donors (Lipinski definition) is 2. The molecule has 2 rings (SSSR count). The molecule has 2 heteroatoms. The Morgan fingerprint density at radius 3 is 2.47 bits per heavy atom. The van der Waals surface area contributed by atoms with Gasteiger partial charge in [-0.2, -0.15) is 0 Å². The highest BCUT2D eigenvalue weighted by atomic mass is 16.3. The molecule has 0 amide bonds. The van der Waals surface area contributed by atoms with Gasteiger partial charge in [0.2, 0.25) is 0 Å². The lowest BCUT2D eigenvalue weighted by Gasteiger charge is -2.29. The van der Waals surface area contributed by atoms with Gasteiger partial charge in [0.25, 0.3) is 0 Å². The molecule has 0 radical (unpaired) electrons. The molecule has 17 heavy (non-hydrogen) atoms. The summed E-state index contributed by atoms with van der Waals surface area (Å²) in [4.78, 5) is 0. The molecule has 2 nitrogen and oxygen atoms in total. The molecule has 0 heterocycles. The third kappa shape index (κ3) is 2.33. The second kappa shape index (κ2) is 4.86. The number of nitrogens with one attached hydrogen (secondary N) is 1. The van der Waals surface area contributed by atoms with Crippen LogP contribution < -0.4 is 5.32 Å². The van der Waals surface area contributed by atoms with Crippen LogP contribution in [0.1, 0.15) is 18.9 Å². The van der Waals surface area contributed by atoms with E-state index in [2.05, 4.69) is 48.6 Å². The first kappa shape index (κ1) is 12.1. The Morgan fingerprint density at radius 2 is 1.82 bits per heavy atom. The smallest absolute Gasteiger partial charge is 0.0451 e. The predicted molar refractivity (Wildman–Crippen MR) is 72.1 cm³/mol. The molecule has 0 saturated carbocycles. The summed E-state index contributed by atoms with van der Waals surface area (Å²) in [6.07, 6.45) is 0.710. The second-order valence-corrected chi connectivity index (χ2v) is 4.62. The zero-order valence-corrected chi connectivity index (χ0v) is 10.4. The van der Waals surface area contributed by atoms with Gasteiger partial charge in [-0.15, -0.1) is 0 Å². The van der Waals surface area contributed by atoms with Gasteiger partial charge in [0.05, 0.1) is 0 Å². The first-order chi connectivity index (χ1) is 8.19. The third-order valence-electron chi connectivity index (χ3n) is 3.55. The molecule has 0 aromatic heterocycles. The topological polar surface area (TPSA) is 32.3 Å². The van der Waals surface area contributed by atoms with Crippen LogP contribution in [0, 0.1) is 0 Å². The van der Waals surface area contributed by atoms with E-state index in [4.69, 9.17) is 5.11 Å². The molecule has 1 atom stereocenters. The van der Waals surface area contributed by atoms with Crippen LogP contribution in [0.2, 0.25) is 0 Å². The molecule has 0 spiro atoms. The minimum absolute atomic E-state index is 0.168. The van der Waals surface area contributed by atoms with Gasteiger partial charge in [-0.3, -0.25) is 0 Å². The Labute approximate surface area is 102 Å². The fourth-order valence-electron chi connectivity index (χ4n) is 2.17. The van der Waals surface area contributed by atoms with Crippen molar-refractivity contribution in [2.75, 3.05) is 13.7 Å². The molecular formula is C15H19NO. The molecule has 2 aromatic carbocycles. The highest BCUT2D eigenvalue weighted by Crippen LogP contribution is 2.27. The van der Waals surface area contributed by atoms with Gasteiger partial charge in [-0.1, -0.05) is 36.4 Å². The number of hydrogen-bond acceptors (Lipinski definition) is 2. The molecule has 2 N–H and O–H groups in total. The molecule has 0 aliphatic rings. The maximum absolute atomic E-state index is 9.17. The monoisotopic (exact) mass is 229 g/mol. The first-order valence-corrected chi connectivity index (χ1v) is 5.99. The summed E-state index contributed by atoms with van der Waals surface area (Å²) < 4.78 is 0. The minimum atomic E-state index is -0.168. The van der Waals surface area contributed by atoms with Gasteiger partial charge in [0.15, 0.2) is 0 Å². The maximum Gasteiger partial charge on any atom is 0.0451 e. The van der Waals surface area contributed by atoms with Crippen LogP contribution >= 0.6 is 0 Å². The van der Waals surface area contributed by atoms with Crippen molar-refractivity contribution in [2.45, 2.75) is 18.9 Å². The summed E-state index contributed by atoms with van der Waals surface area (Å²) in [6, 6.07) is 14.8. The van der Waals surface area contributed by atoms with E-state index in [-0.39, 0.29) is 12.1 Å². The largest absolute Gasteiger partial charge is 0.396 e. The van der Waals surface area contributed by atoms with Gasteiger partial charge in [0.1, 0.15) is 0 Å². The van der Waals surface area contributed by atoms with Crippen LogP contribution in [0.5, 0.6) is 0 Å². The van der Waals surface area contributed by atoms with Crippen molar-refractivity contribution in [1.82, 2.24) is 5.32 Å². The zero-order valence-electron chi connectivity index (χ0n) is 10.4. The zero-order chi connectivity index (χ0) is 12.3. The van der Waals surface area contributed by atoms with Crippen molar-refractivity contribution >= 4 is 10.8 Å². The van der Waals surface area contributed by atoms with Crippen LogP contribution in [0.3, 0.4) is 0 Å². The van der Waals surface area contributed by atoms with Crippen molar-refractivity contribution in [1.29, 1.82) is 0 Å². The normalized spacial score (nSPS) is 14.8. The Hall–Kier alpha value is -1.38. The Bertz CT molecular complexity index is 509. The Morgan fingerprint density at radius 1 is 1.12 bits per heavy atom. The quantitative estimate of drug-likeness (QED) is 0.844. The summed E-state index contributed by atoms with van der Waals surface area (Å²) in [6.45, 7) is 2.30. The van der Waals surface area contributed by atoms with Crippen molar-refractivity contribution in [2.24, 2.45) is 0 Å². The second-order valence-electron chi connectivity index (χ2n) is 4.62.